The molecule has 0 radical (unpaired) electrons. The molecule has 1 aliphatic rings. The Kier molecular flexibility index (Phi) is 5.10. The van der Waals surface area contributed by atoms with Crippen molar-refractivity contribution in [2.24, 2.45) is 11.8 Å². The van der Waals surface area contributed by atoms with Crippen molar-refractivity contribution in [1.29, 1.82) is 0 Å². The second-order valence-corrected chi connectivity index (χ2v) is 5.80. The van der Waals surface area contributed by atoms with Gasteiger partial charge in [0.05, 0.1) is 20.1 Å². The van der Waals surface area contributed by atoms with Crippen LogP contribution in [0.3, 0.4) is 0 Å². The fraction of sp³-hybridized carbons (Fsp3) is 0.588. The molecule has 4 heteroatoms. The number of carboxylic acids is 1. The van der Waals surface area contributed by atoms with Crippen molar-refractivity contribution in [2.45, 2.75) is 38.5 Å². The minimum Gasteiger partial charge on any atom is -0.493 e. The molecule has 4 nitrogen and oxygen atoms in total. The highest BCUT2D eigenvalue weighted by Gasteiger charge is 2.34. The van der Waals surface area contributed by atoms with Gasteiger partial charge >= 0.3 is 5.97 Å². The van der Waals surface area contributed by atoms with Crippen molar-refractivity contribution in [2.75, 3.05) is 14.2 Å². The normalized spacial score (nSPS) is 23.4. The molecule has 0 aromatic heterocycles. The van der Waals surface area contributed by atoms with E-state index in [1.165, 1.54) is 0 Å². The molecule has 21 heavy (non-hydrogen) atoms. The van der Waals surface area contributed by atoms with Gasteiger partial charge in [0.25, 0.3) is 0 Å². The third-order valence-corrected chi connectivity index (χ3v) is 4.69. The zero-order chi connectivity index (χ0) is 15.4. The molecule has 1 saturated carbocycles. The molecular formula is C17H24O4. The molecule has 1 fully saturated rings. The van der Waals surface area contributed by atoms with Crippen LogP contribution in [-0.2, 0) is 4.79 Å². The average Bonchev–Trinajstić information content (AvgIpc) is 2.53. The molecular weight excluding hydrogens is 268 g/mol. The van der Waals surface area contributed by atoms with Gasteiger partial charge in [0.2, 0.25) is 0 Å². The molecule has 1 aromatic rings. The van der Waals surface area contributed by atoms with E-state index in [0.29, 0.717) is 11.5 Å². The largest absolute Gasteiger partial charge is 0.493 e. The number of rotatable bonds is 5. The summed E-state index contributed by atoms with van der Waals surface area (Å²) >= 11 is 0. The third kappa shape index (κ3) is 3.31. The van der Waals surface area contributed by atoms with Gasteiger partial charge in [0.1, 0.15) is 0 Å². The summed E-state index contributed by atoms with van der Waals surface area (Å²) in [5, 5.41) is 9.34. The van der Waals surface area contributed by atoms with Crippen molar-refractivity contribution >= 4 is 5.97 Å². The van der Waals surface area contributed by atoms with Crippen LogP contribution in [-0.4, -0.2) is 25.3 Å². The first kappa shape index (κ1) is 15.7. The van der Waals surface area contributed by atoms with Crippen LogP contribution in [0.1, 0.15) is 44.1 Å². The summed E-state index contributed by atoms with van der Waals surface area (Å²) in [5.74, 6) is 0.872. The number of carbonyl (C=O) groups is 1. The van der Waals surface area contributed by atoms with Crippen molar-refractivity contribution in [3.8, 4) is 11.5 Å². The third-order valence-electron chi connectivity index (χ3n) is 4.69. The predicted molar refractivity (Wildman–Crippen MR) is 81.0 cm³/mol. The van der Waals surface area contributed by atoms with Gasteiger partial charge in [-0.2, -0.15) is 0 Å². The van der Waals surface area contributed by atoms with E-state index in [1.54, 1.807) is 14.2 Å². The second-order valence-electron chi connectivity index (χ2n) is 5.80. The quantitative estimate of drug-likeness (QED) is 0.899. The lowest BCUT2D eigenvalue weighted by Gasteiger charge is -2.34. The Hall–Kier alpha value is -1.71. The van der Waals surface area contributed by atoms with Crippen molar-refractivity contribution in [3.05, 3.63) is 23.8 Å². The first-order valence-electron chi connectivity index (χ1n) is 7.53. The smallest absolute Gasteiger partial charge is 0.306 e. The van der Waals surface area contributed by atoms with Gasteiger partial charge in [-0.1, -0.05) is 25.8 Å². The molecule has 1 aromatic carbocycles. The van der Waals surface area contributed by atoms with Crippen molar-refractivity contribution in [3.63, 3.8) is 0 Å². The molecule has 116 valence electrons. The van der Waals surface area contributed by atoms with Crippen LogP contribution in [0.2, 0.25) is 0 Å². The fourth-order valence-corrected chi connectivity index (χ4v) is 3.44. The highest BCUT2D eigenvalue weighted by molar-refractivity contribution is 5.70. The Labute approximate surface area is 126 Å². The SMILES string of the molecule is COc1ccc(C2CCCCC2C(C)C(=O)O)cc1OC. The van der Waals surface area contributed by atoms with Crippen LogP contribution in [0.5, 0.6) is 11.5 Å². The van der Waals surface area contributed by atoms with E-state index < -0.39 is 5.97 Å². The number of hydrogen-bond acceptors (Lipinski definition) is 3. The Morgan fingerprint density at radius 1 is 1.19 bits per heavy atom. The minimum absolute atomic E-state index is 0.189. The number of aliphatic carboxylic acids is 1. The number of methoxy groups -OCH3 is 2. The standard InChI is InChI=1S/C17H24O4/c1-11(17(18)19)13-6-4-5-7-14(13)12-8-9-15(20-2)16(10-12)21-3/h8-11,13-14H,4-7H2,1-3H3,(H,18,19). The van der Waals surface area contributed by atoms with Gasteiger partial charge in [0, 0.05) is 0 Å². The van der Waals surface area contributed by atoms with Gasteiger partial charge in [-0.05, 0) is 42.4 Å². The predicted octanol–water partition coefficient (Wildman–Crippen LogP) is 3.70. The monoisotopic (exact) mass is 292 g/mol. The molecule has 1 N–H and O–H groups in total. The number of ether oxygens (including phenoxy) is 2. The summed E-state index contributed by atoms with van der Waals surface area (Å²) in [6, 6.07) is 5.95. The van der Waals surface area contributed by atoms with Gasteiger partial charge in [-0.15, -0.1) is 0 Å². The highest BCUT2D eigenvalue weighted by atomic mass is 16.5. The van der Waals surface area contributed by atoms with Gasteiger partial charge in [0.15, 0.2) is 11.5 Å². The van der Waals surface area contributed by atoms with Crippen LogP contribution in [0.4, 0.5) is 0 Å². The van der Waals surface area contributed by atoms with Crippen LogP contribution in [0.25, 0.3) is 0 Å². The van der Waals surface area contributed by atoms with Crippen LogP contribution < -0.4 is 9.47 Å². The molecule has 0 spiro atoms. The summed E-state index contributed by atoms with van der Waals surface area (Å²) in [5.41, 5.74) is 1.16. The minimum atomic E-state index is -0.702. The van der Waals surface area contributed by atoms with E-state index >= 15 is 0 Å². The van der Waals surface area contributed by atoms with Crippen LogP contribution >= 0.6 is 0 Å². The summed E-state index contributed by atoms with van der Waals surface area (Å²) in [6.45, 7) is 1.83. The molecule has 1 aliphatic carbocycles. The van der Waals surface area contributed by atoms with E-state index in [2.05, 4.69) is 0 Å². The van der Waals surface area contributed by atoms with E-state index in [1.807, 2.05) is 25.1 Å². The second kappa shape index (κ2) is 6.83. The highest BCUT2D eigenvalue weighted by Crippen LogP contribution is 2.43. The summed E-state index contributed by atoms with van der Waals surface area (Å²) < 4.78 is 10.6. The molecule has 3 unspecified atom stereocenters. The number of hydrogen-bond donors (Lipinski definition) is 1. The lowest BCUT2D eigenvalue weighted by molar-refractivity contribution is -0.143. The van der Waals surface area contributed by atoms with Gasteiger partial charge < -0.3 is 14.6 Å². The Morgan fingerprint density at radius 3 is 2.48 bits per heavy atom. The van der Waals surface area contributed by atoms with Gasteiger partial charge in [-0.3, -0.25) is 4.79 Å². The molecule has 2 rings (SSSR count). The van der Waals surface area contributed by atoms with Crippen LogP contribution in [0, 0.1) is 11.8 Å². The van der Waals surface area contributed by atoms with Crippen molar-refractivity contribution in [1.82, 2.24) is 0 Å². The molecule has 0 saturated heterocycles. The topological polar surface area (TPSA) is 55.8 Å². The number of carboxylic acid groups (broad SMARTS) is 1. The van der Waals surface area contributed by atoms with E-state index in [9.17, 15) is 9.90 Å². The molecule has 0 aliphatic heterocycles. The lowest BCUT2D eigenvalue weighted by atomic mass is 9.70. The Balaban J connectivity index is 2.31. The average molecular weight is 292 g/mol. The first-order chi connectivity index (χ1) is 10.1. The zero-order valence-corrected chi connectivity index (χ0v) is 13.0. The number of benzene rings is 1. The molecule has 0 bridgehead atoms. The summed E-state index contributed by atoms with van der Waals surface area (Å²) in [6.07, 6.45) is 4.29. The molecule has 0 heterocycles. The first-order valence-corrected chi connectivity index (χ1v) is 7.53. The maximum absolute atomic E-state index is 11.4. The van der Waals surface area contributed by atoms with E-state index in [4.69, 9.17) is 9.47 Å². The maximum Gasteiger partial charge on any atom is 0.306 e. The van der Waals surface area contributed by atoms with E-state index in [-0.39, 0.29) is 17.8 Å². The van der Waals surface area contributed by atoms with Crippen molar-refractivity contribution < 1.29 is 19.4 Å². The summed E-state index contributed by atoms with van der Waals surface area (Å²) in [4.78, 5) is 11.4. The summed E-state index contributed by atoms with van der Waals surface area (Å²) in [7, 11) is 3.24. The maximum atomic E-state index is 11.4. The Bertz CT molecular complexity index is 498. The zero-order valence-electron chi connectivity index (χ0n) is 13.0. The van der Waals surface area contributed by atoms with Crippen LogP contribution in [0.15, 0.2) is 18.2 Å². The Morgan fingerprint density at radius 2 is 1.86 bits per heavy atom. The molecule has 3 atom stereocenters. The fourth-order valence-electron chi connectivity index (χ4n) is 3.44. The van der Waals surface area contributed by atoms with Gasteiger partial charge in [-0.25, -0.2) is 0 Å². The van der Waals surface area contributed by atoms with E-state index in [0.717, 1.165) is 31.2 Å². The molecule has 0 amide bonds. The lowest BCUT2D eigenvalue weighted by Crippen LogP contribution is -2.28.